The van der Waals surface area contributed by atoms with E-state index in [0.717, 1.165) is 29.6 Å². The summed E-state index contributed by atoms with van der Waals surface area (Å²) in [6.07, 6.45) is 3.46. The van der Waals surface area contributed by atoms with Crippen molar-refractivity contribution in [2.24, 2.45) is 16.5 Å². The molecule has 0 saturated heterocycles. The lowest BCUT2D eigenvalue weighted by atomic mass is 10.1. The predicted octanol–water partition coefficient (Wildman–Crippen LogP) is 1.00. The van der Waals surface area contributed by atoms with Crippen molar-refractivity contribution in [3.05, 3.63) is 58.1 Å². The summed E-state index contributed by atoms with van der Waals surface area (Å²) in [7, 11) is 0. The van der Waals surface area contributed by atoms with E-state index in [-0.39, 0.29) is 17.4 Å². The van der Waals surface area contributed by atoms with Crippen LogP contribution in [0.3, 0.4) is 0 Å². The number of aromatic amines is 1. The first-order valence-electron chi connectivity index (χ1n) is 7.89. The first-order chi connectivity index (χ1) is 12.0. The zero-order valence-corrected chi connectivity index (χ0v) is 13.3. The average Bonchev–Trinajstić information content (AvgIpc) is 3.31. The van der Waals surface area contributed by atoms with E-state index >= 15 is 0 Å². The number of nitrogens with two attached hydrogens (primary N) is 2. The van der Waals surface area contributed by atoms with Gasteiger partial charge in [-0.05, 0) is 31.0 Å². The second-order valence-electron chi connectivity index (χ2n) is 6.03. The number of hydrogen-bond acceptors (Lipinski definition) is 3. The van der Waals surface area contributed by atoms with Crippen molar-refractivity contribution in [2.45, 2.75) is 18.8 Å². The molecule has 126 valence electrons. The number of aliphatic imine (C=N–C) groups is 1. The lowest BCUT2D eigenvalue weighted by molar-refractivity contribution is 0.100. The standard InChI is InChI=1S/C17H16N6O2/c18-17(19)22-16(25)11-8-20-23(15(11)9-4-5-9)13-3-1-2-12-10(13)6-7-14(24)21-12/h1-3,6-9H,4-5H2,(H,21,24)(H4,18,19,22,25). The van der Waals surface area contributed by atoms with Crippen molar-refractivity contribution < 1.29 is 4.79 Å². The van der Waals surface area contributed by atoms with Gasteiger partial charge in [-0.1, -0.05) is 6.07 Å². The third kappa shape index (κ3) is 2.67. The number of H-pyrrole nitrogens is 1. The Balaban J connectivity index is 1.93. The molecular weight excluding hydrogens is 320 g/mol. The van der Waals surface area contributed by atoms with Crippen LogP contribution in [0.25, 0.3) is 16.6 Å². The maximum Gasteiger partial charge on any atom is 0.283 e. The summed E-state index contributed by atoms with van der Waals surface area (Å²) >= 11 is 0. The number of nitrogens with zero attached hydrogens (tertiary/aromatic N) is 3. The predicted molar refractivity (Wildman–Crippen MR) is 93.8 cm³/mol. The first-order valence-corrected chi connectivity index (χ1v) is 7.89. The molecule has 1 aromatic carbocycles. The number of benzene rings is 1. The van der Waals surface area contributed by atoms with Gasteiger partial charge in [-0.3, -0.25) is 9.59 Å². The van der Waals surface area contributed by atoms with Crippen molar-refractivity contribution in [1.29, 1.82) is 0 Å². The summed E-state index contributed by atoms with van der Waals surface area (Å²) < 4.78 is 1.74. The van der Waals surface area contributed by atoms with Crippen LogP contribution in [0.15, 0.2) is 46.3 Å². The molecule has 0 aliphatic heterocycles. The number of carbonyl (C=O) groups is 1. The van der Waals surface area contributed by atoms with Gasteiger partial charge in [0.1, 0.15) is 0 Å². The average molecular weight is 336 g/mol. The monoisotopic (exact) mass is 336 g/mol. The second-order valence-corrected chi connectivity index (χ2v) is 6.03. The molecule has 8 nitrogen and oxygen atoms in total. The Bertz CT molecular complexity index is 1070. The number of guanidine groups is 1. The van der Waals surface area contributed by atoms with Crippen LogP contribution in [0.4, 0.5) is 0 Å². The lowest BCUT2D eigenvalue weighted by Crippen LogP contribution is -2.24. The Morgan fingerprint density at radius 2 is 2.04 bits per heavy atom. The fraction of sp³-hybridized carbons (Fsp3) is 0.176. The molecule has 8 heteroatoms. The van der Waals surface area contributed by atoms with Crippen LogP contribution in [0.1, 0.15) is 34.8 Å². The van der Waals surface area contributed by atoms with Crippen molar-refractivity contribution in [3.63, 3.8) is 0 Å². The van der Waals surface area contributed by atoms with Crippen LogP contribution < -0.4 is 17.0 Å². The number of aromatic nitrogens is 3. The summed E-state index contributed by atoms with van der Waals surface area (Å²) in [6.45, 7) is 0. The molecule has 0 bridgehead atoms. The van der Waals surface area contributed by atoms with Crippen molar-refractivity contribution in [3.8, 4) is 5.69 Å². The highest BCUT2D eigenvalue weighted by atomic mass is 16.1. The number of hydrogen-bond donors (Lipinski definition) is 3. The van der Waals surface area contributed by atoms with E-state index in [0.29, 0.717) is 11.1 Å². The van der Waals surface area contributed by atoms with Gasteiger partial charge in [0.25, 0.3) is 5.91 Å². The molecule has 0 radical (unpaired) electrons. The normalized spacial score (nSPS) is 13.8. The summed E-state index contributed by atoms with van der Waals surface area (Å²) in [5, 5.41) is 5.24. The summed E-state index contributed by atoms with van der Waals surface area (Å²) in [5.74, 6) is -0.530. The summed E-state index contributed by atoms with van der Waals surface area (Å²) in [4.78, 5) is 30.3. The topological polar surface area (TPSA) is 132 Å². The molecular formula is C17H16N6O2. The van der Waals surface area contributed by atoms with E-state index in [1.807, 2.05) is 18.2 Å². The molecule has 0 spiro atoms. The summed E-state index contributed by atoms with van der Waals surface area (Å²) in [5.41, 5.74) is 13.2. The number of fused-ring (bicyclic) bond motifs is 1. The van der Waals surface area contributed by atoms with E-state index < -0.39 is 5.91 Å². The molecule has 1 aliphatic rings. The highest BCUT2D eigenvalue weighted by Crippen LogP contribution is 2.43. The Morgan fingerprint density at radius 1 is 1.24 bits per heavy atom. The summed E-state index contributed by atoms with van der Waals surface area (Å²) in [6, 6.07) is 8.78. The largest absolute Gasteiger partial charge is 0.370 e. The Labute approximate surface area is 142 Å². The van der Waals surface area contributed by atoms with Gasteiger partial charge < -0.3 is 16.5 Å². The number of rotatable bonds is 3. The fourth-order valence-electron chi connectivity index (χ4n) is 3.00. The molecule has 1 saturated carbocycles. The molecule has 2 aromatic heterocycles. The molecule has 0 atom stereocenters. The smallest absolute Gasteiger partial charge is 0.283 e. The Morgan fingerprint density at radius 3 is 2.76 bits per heavy atom. The van der Waals surface area contributed by atoms with E-state index in [1.54, 1.807) is 10.7 Å². The highest BCUT2D eigenvalue weighted by molar-refractivity contribution is 6.03. The SMILES string of the molecule is NC(N)=NC(=O)c1cnn(-c2cccc3[nH]c(=O)ccc23)c1C1CC1. The van der Waals surface area contributed by atoms with Crippen molar-refractivity contribution in [1.82, 2.24) is 14.8 Å². The zero-order chi connectivity index (χ0) is 17.6. The molecule has 25 heavy (non-hydrogen) atoms. The number of amides is 1. The van der Waals surface area contributed by atoms with E-state index in [1.165, 1.54) is 12.3 Å². The molecule has 1 amide bonds. The zero-order valence-electron chi connectivity index (χ0n) is 13.3. The van der Waals surface area contributed by atoms with Crippen LogP contribution in [0.2, 0.25) is 0 Å². The van der Waals surface area contributed by atoms with Gasteiger partial charge in [0.15, 0.2) is 5.96 Å². The van der Waals surface area contributed by atoms with E-state index in [2.05, 4.69) is 15.1 Å². The third-order valence-corrected chi connectivity index (χ3v) is 4.20. The van der Waals surface area contributed by atoms with E-state index in [4.69, 9.17) is 11.5 Å². The minimum Gasteiger partial charge on any atom is -0.370 e. The molecule has 4 rings (SSSR count). The molecule has 1 fully saturated rings. The van der Waals surface area contributed by atoms with E-state index in [9.17, 15) is 9.59 Å². The van der Waals surface area contributed by atoms with Gasteiger partial charge in [0.05, 0.1) is 28.7 Å². The minimum absolute atomic E-state index is 0.170. The Hall–Kier alpha value is -3.42. The van der Waals surface area contributed by atoms with Gasteiger partial charge in [-0.2, -0.15) is 10.1 Å². The number of nitrogens with one attached hydrogen (secondary N) is 1. The molecule has 0 unspecified atom stereocenters. The molecule has 2 heterocycles. The van der Waals surface area contributed by atoms with Crippen LogP contribution in [0.5, 0.6) is 0 Å². The van der Waals surface area contributed by atoms with Crippen LogP contribution >= 0.6 is 0 Å². The van der Waals surface area contributed by atoms with Gasteiger partial charge in [-0.25, -0.2) is 4.68 Å². The van der Waals surface area contributed by atoms with Crippen molar-refractivity contribution >= 4 is 22.8 Å². The minimum atomic E-state index is -0.498. The maximum atomic E-state index is 12.3. The third-order valence-electron chi connectivity index (χ3n) is 4.20. The molecule has 3 aromatic rings. The van der Waals surface area contributed by atoms with Gasteiger partial charge in [0, 0.05) is 17.4 Å². The van der Waals surface area contributed by atoms with Crippen LogP contribution in [-0.2, 0) is 0 Å². The van der Waals surface area contributed by atoms with Crippen LogP contribution in [0, 0.1) is 0 Å². The first kappa shape index (κ1) is 15.1. The van der Waals surface area contributed by atoms with Gasteiger partial charge in [-0.15, -0.1) is 0 Å². The fourth-order valence-corrected chi connectivity index (χ4v) is 3.00. The highest BCUT2D eigenvalue weighted by Gasteiger charge is 2.33. The Kier molecular flexibility index (Phi) is 3.38. The molecule has 1 aliphatic carbocycles. The van der Waals surface area contributed by atoms with Crippen LogP contribution in [-0.4, -0.2) is 26.6 Å². The number of carbonyl (C=O) groups excluding carboxylic acids is 1. The maximum absolute atomic E-state index is 12.3. The number of pyridine rings is 1. The quantitative estimate of drug-likeness (QED) is 0.485. The van der Waals surface area contributed by atoms with Gasteiger partial charge >= 0.3 is 0 Å². The lowest BCUT2D eigenvalue weighted by Gasteiger charge is -2.11. The van der Waals surface area contributed by atoms with Crippen molar-refractivity contribution in [2.75, 3.05) is 0 Å². The molecule has 5 N–H and O–H groups in total. The second kappa shape index (κ2) is 5.59. The van der Waals surface area contributed by atoms with Gasteiger partial charge in [0.2, 0.25) is 5.56 Å².